The first-order valence-electron chi connectivity index (χ1n) is 6.25. The van der Waals surface area contributed by atoms with E-state index < -0.39 is 6.10 Å². The van der Waals surface area contributed by atoms with Gasteiger partial charge in [0.05, 0.1) is 25.3 Å². The highest BCUT2D eigenvalue weighted by molar-refractivity contribution is 5.82. The molecule has 17 heavy (non-hydrogen) atoms. The van der Waals surface area contributed by atoms with E-state index in [9.17, 15) is 4.79 Å². The van der Waals surface area contributed by atoms with Crippen molar-refractivity contribution in [2.75, 3.05) is 26.2 Å². The molecular formula is C12H19N3O2. The lowest BCUT2D eigenvalue weighted by Crippen LogP contribution is -2.56. The first-order chi connectivity index (χ1) is 8.22. The van der Waals surface area contributed by atoms with E-state index in [4.69, 9.17) is 10.00 Å². The van der Waals surface area contributed by atoms with Crippen molar-refractivity contribution in [1.29, 1.82) is 5.26 Å². The molecule has 2 fully saturated rings. The summed E-state index contributed by atoms with van der Waals surface area (Å²) in [6, 6.07) is 1.98. The molecule has 94 valence electrons. The number of nitrogens with zero attached hydrogens (tertiary/aromatic N) is 2. The van der Waals surface area contributed by atoms with E-state index in [-0.39, 0.29) is 11.9 Å². The summed E-state index contributed by atoms with van der Waals surface area (Å²) in [4.78, 5) is 14.1. The predicted molar refractivity (Wildman–Crippen MR) is 62.1 cm³/mol. The largest absolute Gasteiger partial charge is 0.360 e. The van der Waals surface area contributed by atoms with Crippen LogP contribution in [0.1, 0.15) is 19.8 Å². The maximum atomic E-state index is 12.3. The molecular weight excluding hydrogens is 218 g/mol. The number of carbonyl (C=O) groups is 1. The van der Waals surface area contributed by atoms with Crippen LogP contribution in [-0.2, 0) is 9.53 Å². The molecule has 0 aromatic heterocycles. The van der Waals surface area contributed by atoms with Gasteiger partial charge in [-0.2, -0.15) is 5.26 Å². The van der Waals surface area contributed by atoms with E-state index in [1.807, 2.05) is 0 Å². The molecule has 2 aliphatic heterocycles. The molecule has 0 spiro atoms. The van der Waals surface area contributed by atoms with Crippen LogP contribution in [0.2, 0.25) is 0 Å². The highest BCUT2D eigenvalue weighted by Crippen LogP contribution is 2.18. The van der Waals surface area contributed by atoms with Gasteiger partial charge in [0, 0.05) is 6.54 Å². The summed E-state index contributed by atoms with van der Waals surface area (Å²) < 4.78 is 5.25. The minimum Gasteiger partial charge on any atom is -0.360 e. The number of nitrogens with one attached hydrogen (secondary N) is 1. The first kappa shape index (κ1) is 12.3. The first-order valence-corrected chi connectivity index (χ1v) is 6.25. The zero-order valence-corrected chi connectivity index (χ0v) is 10.2. The van der Waals surface area contributed by atoms with Crippen molar-refractivity contribution in [2.24, 2.45) is 5.92 Å². The molecule has 2 rings (SSSR count). The van der Waals surface area contributed by atoms with Crippen LogP contribution in [0, 0.1) is 17.2 Å². The Morgan fingerprint density at radius 3 is 3.12 bits per heavy atom. The van der Waals surface area contributed by atoms with Crippen molar-refractivity contribution in [2.45, 2.75) is 31.9 Å². The molecule has 0 aromatic carbocycles. The number of morpholine rings is 1. The molecule has 5 nitrogen and oxygen atoms in total. The Balaban J connectivity index is 1.96. The summed E-state index contributed by atoms with van der Waals surface area (Å²) in [5.41, 5.74) is 0. The van der Waals surface area contributed by atoms with Crippen LogP contribution >= 0.6 is 0 Å². The molecule has 3 unspecified atom stereocenters. The molecule has 0 saturated carbocycles. The molecule has 3 atom stereocenters. The van der Waals surface area contributed by atoms with Crippen LogP contribution in [-0.4, -0.2) is 49.2 Å². The van der Waals surface area contributed by atoms with Crippen LogP contribution in [0.4, 0.5) is 0 Å². The Bertz CT molecular complexity index is 326. The number of ether oxygens (including phenoxy) is 1. The van der Waals surface area contributed by atoms with Crippen LogP contribution in [0.15, 0.2) is 0 Å². The summed E-state index contributed by atoms with van der Waals surface area (Å²) in [7, 11) is 0. The summed E-state index contributed by atoms with van der Waals surface area (Å²) in [5, 5.41) is 12.1. The molecule has 5 heteroatoms. The summed E-state index contributed by atoms with van der Waals surface area (Å²) in [6.45, 7) is 4.48. The quantitative estimate of drug-likeness (QED) is 0.704. The maximum Gasteiger partial charge on any atom is 0.240 e. The average molecular weight is 237 g/mol. The lowest BCUT2D eigenvalue weighted by molar-refractivity contribution is -0.141. The van der Waals surface area contributed by atoms with E-state index in [2.05, 4.69) is 18.3 Å². The van der Waals surface area contributed by atoms with Crippen LogP contribution < -0.4 is 5.32 Å². The van der Waals surface area contributed by atoms with Gasteiger partial charge in [-0.15, -0.1) is 0 Å². The van der Waals surface area contributed by atoms with Crippen molar-refractivity contribution in [3.63, 3.8) is 0 Å². The van der Waals surface area contributed by atoms with Gasteiger partial charge < -0.3 is 15.0 Å². The van der Waals surface area contributed by atoms with Crippen LogP contribution in [0.25, 0.3) is 0 Å². The van der Waals surface area contributed by atoms with Crippen molar-refractivity contribution in [3.05, 3.63) is 0 Å². The third-order valence-electron chi connectivity index (χ3n) is 3.56. The molecule has 0 aliphatic carbocycles. The van der Waals surface area contributed by atoms with Crippen LogP contribution in [0.3, 0.4) is 0 Å². The maximum absolute atomic E-state index is 12.3. The number of amides is 1. The number of hydrogen-bond donors (Lipinski definition) is 1. The molecule has 0 bridgehead atoms. The van der Waals surface area contributed by atoms with Gasteiger partial charge in [-0.25, -0.2) is 0 Å². The number of rotatable bonds is 1. The molecule has 1 N–H and O–H groups in total. The fraction of sp³-hybridized carbons (Fsp3) is 0.833. The van der Waals surface area contributed by atoms with E-state index in [0.29, 0.717) is 25.6 Å². The molecule has 2 saturated heterocycles. The third-order valence-corrected chi connectivity index (χ3v) is 3.56. The minimum atomic E-state index is -0.466. The number of hydrogen-bond acceptors (Lipinski definition) is 4. The third kappa shape index (κ3) is 2.76. The lowest BCUT2D eigenvalue weighted by Gasteiger charge is -2.36. The van der Waals surface area contributed by atoms with E-state index in [1.54, 1.807) is 4.90 Å². The summed E-state index contributed by atoms with van der Waals surface area (Å²) >= 11 is 0. The normalized spacial score (nSPS) is 34.1. The smallest absolute Gasteiger partial charge is 0.240 e. The Morgan fingerprint density at radius 1 is 1.59 bits per heavy atom. The standard InChI is InChI=1S/C12H19N3O2/c1-9-3-2-4-14-11(9)12(16)15-5-6-17-10(7-13)8-15/h9-11,14H,2-6,8H2,1H3. The Morgan fingerprint density at radius 2 is 2.41 bits per heavy atom. The van der Waals surface area contributed by atoms with Crippen molar-refractivity contribution >= 4 is 5.91 Å². The fourth-order valence-corrected chi connectivity index (χ4v) is 2.50. The highest BCUT2D eigenvalue weighted by Gasteiger charge is 2.33. The van der Waals surface area contributed by atoms with Gasteiger partial charge in [0.25, 0.3) is 0 Å². The number of carbonyl (C=O) groups excluding carboxylic acids is 1. The predicted octanol–water partition coefficient (Wildman–Crippen LogP) is 0.125. The Kier molecular flexibility index (Phi) is 3.97. The van der Waals surface area contributed by atoms with E-state index in [1.165, 1.54) is 0 Å². The number of piperidine rings is 1. The van der Waals surface area contributed by atoms with Gasteiger partial charge in [-0.05, 0) is 25.3 Å². The Labute approximate surface area is 102 Å². The van der Waals surface area contributed by atoms with E-state index >= 15 is 0 Å². The van der Waals surface area contributed by atoms with E-state index in [0.717, 1.165) is 19.4 Å². The van der Waals surface area contributed by atoms with Gasteiger partial charge in [-0.1, -0.05) is 6.92 Å². The van der Waals surface area contributed by atoms with Crippen molar-refractivity contribution < 1.29 is 9.53 Å². The topological polar surface area (TPSA) is 65.4 Å². The molecule has 0 radical (unpaired) electrons. The minimum absolute atomic E-state index is 0.0822. The average Bonchev–Trinajstić information content (AvgIpc) is 2.38. The van der Waals surface area contributed by atoms with Gasteiger partial charge in [0.2, 0.25) is 5.91 Å². The zero-order chi connectivity index (χ0) is 12.3. The lowest BCUT2D eigenvalue weighted by atomic mass is 9.91. The summed E-state index contributed by atoms with van der Waals surface area (Å²) in [5.74, 6) is 0.500. The fourth-order valence-electron chi connectivity index (χ4n) is 2.50. The monoisotopic (exact) mass is 237 g/mol. The second kappa shape index (κ2) is 5.48. The molecule has 1 amide bonds. The van der Waals surface area contributed by atoms with Gasteiger partial charge in [0.1, 0.15) is 0 Å². The summed E-state index contributed by atoms with van der Waals surface area (Å²) in [6.07, 6.45) is 1.76. The zero-order valence-electron chi connectivity index (χ0n) is 10.2. The van der Waals surface area contributed by atoms with Crippen molar-refractivity contribution in [3.8, 4) is 6.07 Å². The highest BCUT2D eigenvalue weighted by atomic mass is 16.5. The van der Waals surface area contributed by atoms with Gasteiger partial charge in [0.15, 0.2) is 6.10 Å². The van der Waals surface area contributed by atoms with Gasteiger partial charge in [-0.3, -0.25) is 4.79 Å². The van der Waals surface area contributed by atoms with Gasteiger partial charge >= 0.3 is 0 Å². The van der Waals surface area contributed by atoms with Crippen molar-refractivity contribution in [1.82, 2.24) is 10.2 Å². The molecule has 2 aliphatic rings. The second-order valence-electron chi connectivity index (χ2n) is 4.82. The molecule has 2 heterocycles. The second-order valence-corrected chi connectivity index (χ2v) is 4.82. The molecule has 0 aromatic rings. The SMILES string of the molecule is CC1CCCNC1C(=O)N1CCOC(C#N)C1. The number of nitriles is 1. The Hall–Kier alpha value is -1.12. The van der Waals surface area contributed by atoms with Crippen LogP contribution in [0.5, 0.6) is 0 Å².